The van der Waals surface area contributed by atoms with E-state index in [9.17, 15) is 28.3 Å². The molecule has 0 aliphatic carbocycles. The van der Waals surface area contributed by atoms with Gasteiger partial charge in [0.15, 0.2) is 18.0 Å². The maximum absolute atomic E-state index is 12.8. The van der Waals surface area contributed by atoms with Gasteiger partial charge < -0.3 is 14.9 Å². The summed E-state index contributed by atoms with van der Waals surface area (Å²) < 4.78 is 32.1. The fourth-order valence-corrected chi connectivity index (χ4v) is 2.57. The molecule has 10 nitrogen and oxygen atoms in total. The molecule has 144 valence electrons. The van der Waals surface area contributed by atoms with E-state index in [0.717, 1.165) is 17.2 Å². The van der Waals surface area contributed by atoms with Crippen LogP contribution in [-0.4, -0.2) is 61.8 Å². The summed E-state index contributed by atoms with van der Waals surface area (Å²) in [6.07, 6.45) is -1.31. The maximum Gasteiger partial charge on any atom is 0.335 e. The van der Waals surface area contributed by atoms with E-state index in [4.69, 9.17) is 9.84 Å². The number of hydrogen-bond donors (Lipinski definition) is 2. The van der Waals surface area contributed by atoms with Crippen LogP contribution in [0.15, 0.2) is 35.4 Å². The first-order valence-electron chi connectivity index (χ1n) is 7.70. The van der Waals surface area contributed by atoms with Crippen LogP contribution in [0.4, 0.5) is 14.6 Å². The number of carbonyl (C=O) groups is 2. The number of pyridine rings is 1. The third-order valence-electron chi connectivity index (χ3n) is 3.91. The van der Waals surface area contributed by atoms with Gasteiger partial charge in [0.1, 0.15) is 0 Å². The molecule has 12 heteroatoms. The molecule has 0 radical (unpaired) electrons. The fraction of sp³-hybridized carbons (Fsp3) is 0.333. The molecule has 3 rings (SSSR count). The molecule has 27 heavy (non-hydrogen) atoms. The number of carboxylic acid groups (broad SMARTS) is 1. The number of aliphatic hydroxyl groups is 1. The van der Waals surface area contributed by atoms with Crippen molar-refractivity contribution in [2.45, 2.75) is 18.8 Å². The third kappa shape index (κ3) is 3.57. The van der Waals surface area contributed by atoms with E-state index in [0.29, 0.717) is 0 Å². The van der Waals surface area contributed by atoms with Gasteiger partial charge in [0.25, 0.3) is 11.5 Å². The van der Waals surface area contributed by atoms with E-state index in [1.165, 1.54) is 23.0 Å². The second kappa shape index (κ2) is 7.25. The zero-order valence-corrected chi connectivity index (χ0v) is 13.6. The van der Waals surface area contributed by atoms with Gasteiger partial charge in [-0.3, -0.25) is 19.1 Å². The van der Waals surface area contributed by atoms with Gasteiger partial charge in [-0.05, 0) is 6.07 Å². The highest BCUT2D eigenvalue weighted by atomic mass is 19.3. The molecule has 1 fully saturated rings. The zero-order valence-electron chi connectivity index (χ0n) is 13.6. The molecule has 0 saturated carbocycles. The first-order valence-corrected chi connectivity index (χ1v) is 7.70. The minimum absolute atomic E-state index is 0.0239. The number of ether oxygens (including phenoxy) is 1. The number of rotatable bonds is 5. The second-order valence-electron chi connectivity index (χ2n) is 5.59. The molecule has 2 N–H and O–H groups in total. The summed E-state index contributed by atoms with van der Waals surface area (Å²) in [6.45, 7) is -2.98. The molecule has 1 aliphatic heterocycles. The molecule has 2 unspecified atom stereocenters. The molecule has 2 atom stereocenters. The van der Waals surface area contributed by atoms with Crippen LogP contribution in [0.1, 0.15) is 6.55 Å². The van der Waals surface area contributed by atoms with Crippen molar-refractivity contribution in [3.63, 3.8) is 0 Å². The van der Waals surface area contributed by atoms with Crippen LogP contribution in [0.5, 0.6) is 0 Å². The molecule has 2 aromatic rings. The van der Waals surface area contributed by atoms with Gasteiger partial charge in [0.05, 0.1) is 18.8 Å². The fourth-order valence-electron chi connectivity index (χ4n) is 2.57. The first-order chi connectivity index (χ1) is 12.8. The Morgan fingerprint density at radius 3 is 2.70 bits per heavy atom. The molecule has 0 bridgehead atoms. The largest absolute Gasteiger partial charge is 0.479 e. The summed E-state index contributed by atoms with van der Waals surface area (Å²) in [5.74, 6) is -2.28. The minimum atomic E-state index is -3.02. The predicted molar refractivity (Wildman–Crippen MR) is 84.8 cm³/mol. The van der Waals surface area contributed by atoms with Gasteiger partial charge in [-0.25, -0.2) is 9.48 Å². The third-order valence-corrected chi connectivity index (χ3v) is 3.91. The lowest BCUT2D eigenvalue weighted by atomic mass is 10.1. The SMILES string of the molecule is O=C(O)C(O)C1OCCN(c2ccn(-c3ccc(=O)n(C(F)F)c3)n2)C1=O. The number of anilines is 1. The Labute approximate surface area is 149 Å². The van der Waals surface area contributed by atoms with Crippen LogP contribution < -0.4 is 10.5 Å². The molecule has 0 aromatic carbocycles. The van der Waals surface area contributed by atoms with E-state index in [-0.39, 0.29) is 29.2 Å². The zero-order chi connectivity index (χ0) is 19.7. The minimum Gasteiger partial charge on any atom is -0.479 e. The number of morpholine rings is 1. The number of carboxylic acids is 1. The summed E-state index contributed by atoms with van der Waals surface area (Å²) >= 11 is 0. The van der Waals surface area contributed by atoms with Crippen LogP contribution in [0.25, 0.3) is 5.69 Å². The molecular formula is C15H14F2N4O6. The highest BCUT2D eigenvalue weighted by molar-refractivity contribution is 5.99. The van der Waals surface area contributed by atoms with E-state index in [1.807, 2.05) is 0 Å². The lowest BCUT2D eigenvalue weighted by Crippen LogP contribution is -2.54. The molecule has 0 spiro atoms. The Hall–Kier alpha value is -3.12. The predicted octanol–water partition coefficient (Wildman–Crippen LogP) is -0.394. The quantitative estimate of drug-likeness (QED) is 0.719. The van der Waals surface area contributed by atoms with Crippen LogP contribution in [0, 0.1) is 0 Å². The van der Waals surface area contributed by atoms with E-state index < -0.39 is 36.2 Å². The highest BCUT2D eigenvalue weighted by Gasteiger charge is 2.40. The van der Waals surface area contributed by atoms with Gasteiger partial charge in [-0.15, -0.1) is 5.10 Å². The summed E-state index contributed by atoms with van der Waals surface area (Å²) in [5.41, 5.74) is -0.723. The Balaban J connectivity index is 1.87. The van der Waals surface area contributed by atoms with Crippen molar-refractivity contribution in [2.24, 2.45) is 0 Å². The van der Waals surface area contributed by atoms with E-state index in [1.54, 1.807) is 0 Å². The highest BCUT2D eigenvalue weighted by Crippen LogP contribution is 2.20. The Morgan fingerprint density at radius 1 is 1.30 bits per heavy atom. The summed E-state index contributed by atoms with van der Waals surface area (Å²) in [5, 5.41) is 22.5. The monoisotopic (exact) mass is 384 g/mol. The van der Waals surface area contributed by atoms with Crippen molar-refractivity contribution in [1.29, 1.82) is 0 Å². The summed E-state index contributed by atoms with van der Waals surface area (Å²) in [7, 11) is 0. The van der Waals surface area contributed by atoms with Gasteiger partial charge >= 0.3 is 12.5 Å². The number of carbonyl (C=O) groups excluding carboxylic acids is 1. The second-order valence-corrected chi connectivity index (χ2v) is 5.59. The smallest absolute Gasteiger partial charge is 0.335 e. The summed E-state index contributed by atoms with van der Waals surface area (Å²) in [4.78, 5) is 35.8. The lowest BCUT2D eigenvalue weighted by molar-refractivity contribution is -0.163. The average molecular weight is 384 g/mol. The molecule has 1 saturated heterocycles. The average Bonchev–Trinajstić information content (AvgIpc) is 3.11. The molecule has 1 aliphatic rings. The topological polar surface area (TPSA) is 127 Å². The van der Waals surface area contributed by atoms with Crippen LogP contribution in [0.3, 0.4) is 0 Å². The van der Waals surface area contributed by atoms with Crippen molar-refractivity contribution in [2.75, 3.05) is 18.1 Å². The molecule has 3 heterocycles. The number of aliphatic carboxylic acids is 1. The Kier molecular flexibility index (Phi) is 5.01. The molecule has 1 amide bonds. The molecular weight excluding hydrogens is 370 g/mol. The maximum atomic E-state index is 12.8. The van der Waals surface area contributed by atoms with Crippen molar-refractivity contribution >= 4 is 17.7 Å². The van der Waals surface area contributed by atoms with Crippen molar-refractivity contribution in [3.05, 3.63) is 40.9 Å². The first kappa shape index (κ1) is 18.7. The van der Waals surface area contributed by atoms with E-state index in [2.05, 4.69) is 5.10 Å². The number of aliphatic hydroxyl groups excluding tert-OH is 1. The summed E-state index contributed by atoms with van der Waals surface area (Å²) in [6, 6.07) is 3.66. The number of alkyl halides is 2. The van der Waals surface area contributed by atoms with E-state index >= 15 is 0 Å². The van der Waals surface area contributed by atoms with Gasteiger partial charge in [-0.2, -0.15) is 8.78 Å². The number of amides is 1. The number of hydrogen-bond acceptors (Lipinski definition) is 6. The van der Waals surface area contributed by atoms with Crippen LogP contribution in [0.2, 0.25) is 0 Å². The number of nitrogens with zero attached hydrogens (tertiary/aromatic N) is 4. The number of aromatic nitrogens is 3. The Bertz CT molecular complexity index is 927. The van der Waals surface area contributed by atoms with Crippen molar-refractivity contribution in [1.82, 2.24) is 14.3 Å². The Morgan fingerprint density at radius 2 is 2.04 bits per heavy atom. The van der Waals surface area contributed by atoms with Gasteiger partial charge in [-0.1, -0.05) is 0 Å². The standard InChI is InChI=1S/C15H14F2N4O6/c16-15(17)20-7-8(1-2-10(20)22)21-4-3-9(18-21)19-5-6-27-12(13(19)24)11(23)14(25)26/h1-4,7,11-12,15,23H,5-6H2,(H,25,26). The van der Waals surface area contributed by atoms with Crippen molar-refractivity contribution in [3.8, 4) is 5.69 Å². The molecule has 2 aromatic heterocycles. The van der Waals surface area contributed by atoms with Crippen LogP contribution >= 0.6 is 0 Å². The number of halogens is 2. The van der Waals surface area contributed by atoms with Crippen LogP contribution in [-0.2, 0) is 14.3 Å². The lowest BCUT2D eigenvalue weighted by Gasteiger charge is -2.31. The van der Waals surface area contributed by atoms with Crippen molar-refractivity contribution < 1.29 is 33.3 Å². The normalized spacial score (nSPS) is 18.7. The van der Waals surface area contributed by atoms with Gasteiger partial charge in [0, 0.05) is 24.5 Å². The van der Waals surface area contributed by atoms with Gasteiger partial charge in [0.2, 0.25) is 0 Å².